The zero-order chi connectivity index (χ0) is 45.0. The number of nitrogens with one attached hydrogen (secondary N) is 1. The van der Waals surface area contributed by atoms with Crippen molar-refractivity contribution in [2.24, 2.45) is 5.41 Å². The summed E-state index contributed by atoms with van der Waals surface area (Å²) in [7, 11) is -0.119. The highest BCUT2D eigenvalue weighted by atomic mass is 32.2. The third-order valence-corrected chi connectivity index (χ3v) is 12.0. The minimum absolute atomic E-state index is 0.00263. The van der Waals surface area contributed by atoms with Crippen LogP contribution in [0.5, 0.6) is 17.2 Å². The average Bonchev–Trinajstić information content (AvgIpc) is 3.68. The van der Waals surface area contributed by atoms with Crippen LogP contribution in [0, 0.1) is 5.41 Å². The van der Waals surface area contributed by atoms with E-state index in [1.807, 2.05) is 36.1 Å². The molecular formula is C42H51F6N5O8S. The highest BCUT2D eigenvalue weighted by Gasteiger charge is 2.56. The number of para-hydroxylation sites is 2. The number of halogens is 6. The number of anilines is 1. The Hall–Kier alpha value is -4.79. The van der Waals surface area contributed by atoms with Crippen molar-refractivity contribution in [1.82, 2.24) is 19.4 Å². The quantitative estimate of drug-likeness (QED) is 0.0628. The summed E-state index contributed by atoms with van der Waals surface area (Å²) in [5, 5.41) is 3.56. The van der Waals surface area contributed by atoms with Crippen LogP contribution < -0.4 is 19.5 Å². The molecule has 1 N–H and O–H groups in total. The van der Waals surface area contributed by atoms with Gasteiger partial charge in [0.05, 0.1) is 61.8 Å². The van der Waals surface area contributed by atoms with Gasteiger partial charge in [0, 0.05) is 45.4 Å². The van der Waals surface area contributed by atoms with Gasteiger partial charge >= 0.3 is 12.4 Å². The second-order valence-electron chi connectivity index (χ2n) is 15.5. The van der Waals surface area contributed by atoms with Gasteiger partial charge in [0.2, 0.25) is 17.6 Å². The summed E-state index contributed by atoms with van der Waals surface area (Å²) in [5.41, 5.74) is -3.25. The first-order chi connectivity index (χ1) is 29.3. The number of nitrogens with zero attached hydrogens (tertiary/aromatic N) is 4. The number of carbonyl (C=O) groups is 1. The number of fused-ring (bicyclic) bond motifs is 1. The van der Waals surface area contributed by atoms with E-state index in [-0.39, 0.29) is 55.4 Å². The molecule has 20 heteroatoms. The van der Waals surface area contributed by atoms with Crippen molar-refractivity contribution in [3.63, 3.8) is 0 Å². The van der Waals surface area contributed by atoms with Gasteiger partial charge < -0.3 is 38.6 Å². The molecule has 62 heavy (non-hydrogen) atoms. The molecule has 6 rings (SSSR count). The van der Waals surface area contributed by atoms with Gasteiger partial charge in [0.1, 0.15) is 6.10 Å². The zero-order valence-corrected chi connectivity index (χ0v) is 35.9. The normalized spacial score (nSPS) is 19.4. The second kappa shape index (κ2) is 18.9. The topological polar surface area (TPSA) is 134 Å². The predicted molar refractivity (Wildman–Crippen MR) is 218 cm³/mol. The summed E-state index contributed by atoms with van der Waals surface area (Å²) < 4.78 is 140. The van der Waals surface area contributed by atoms with Crippen LogP contribution in [0.2, 0.25) is 0 Å². The maximum atomic E-state index is 14.9. The molecule has 3 heterocycles. The molecule has 3 aromatic carbocycles. The number of imidazole rings is 1. The average molecular weight is 900 g/mol. The number of amides is 1. The highest BCUT2D eigenvalue weighted by molar-refractivity contribution is 7.86. The number of hydrogen-bond donors (Lipinski definition) is 1. The van der Waals surface area contributed by atoms with Crippen LogP contribution in [-0.2, 0) is 55.7 Å². The fraction of sp³-hybridized carbons (Fsp3) is 0.524. The maximum absolute atomic E-state index is 14.9. The fourth-order valence-corrected chi connectivity index (χ4v) is 9.08. The molecule has 0 bridgehead atoms. The van der Waals surface area contributed by atoms with E-state index in [4.69, 9.17) is 28.1 Å². The molecule has 1 aromatic heterocycles. The van der Waals surface area contributed by atoms with Gasteiger partial charge in [-0.1, -0.05) is 12.1 Å². The molecule has 0 spiro atoms. The lowest BCUT2D eigenvalue weighted by Crippen LogP contribution is -2.47. The van der Waals surface area contributed by atoms with Gasteiger partial charge in [-0.05, 0) is 92.7 Å². The molecule has 0 aliphatic carbocycles. The van der Waals surface area contributed by atoms with Crippen LogP contribution in [0.15, 0.2) is 54.6 Å². The molecule has 340 valence electrons. The Labute approximate surface area is 356 Å². The Morgan fingerprint density at radius 1 is 0.871 bits per heavy atom. The van der Waals surface area contributed by atoms with Crippen LogP contribution in [0.25, 0.3) is 11.0 Å². The number of methoxy groups -OCH3 is 3. The molecule has 0 saturated carbocycles. The predicted octanol–water partition coefficient (Wildman–Crippen LogP) is 7.02. The van der Waals surface area contributed by atoms with Crippen molar-refractivity contribution < 1.29 is 62.7 Å². The fourth-order valence-electron chi connectivity index (χ4n) is 8.41. The molecule has 2 aliphatic rings. The number of carbonyl (C=O) groups excluding carboxylic acids is 1. The first-order valence-corrected chi connectivity index (χ1v) is 21.9. The second-order valence-corrected chi connectivity index (χ2v) is 17.1. The molecule has 2 saturated heterocycles. The van der Waals surface area contributed by atoms with Crippen molar-refractivity contribution in [3.05, 3.63) is 76.9 Å². The molecule has 13 nitrogen and oxygen atoms in total. The number of benzene rings is 3. The Bertz CT molecular complexity index is 2260. The summed E-state index contributed by atoms with van der Waals surface area (Å²) in [6.07, 6.45) is -10.6. The summed E-state index contributed by atoms with van der Waals surface area (Å²) >= 11 is 0. The van der Waals surface area contributed by atoms with E-state index in [2.05, 4.69) is 9.88 Å². The zero-order valence-electron chi connectivity index (χ0n) is 35.1. The summed E-state index contributed by atoms with van der Waals surface area (Å²) in [6.45, 7) is 4.23. The highest BCUT2D eigenvalue weighted by Crippen LogP contribution is 2.46. The Balaban J connectivity index is 1.31. The van der Waals surface area contributed by atoms with E-state index >= 15 is 0 Å². The van der Waals surface area contributed by atoms with Crippen LogP contribution in [0.3, 0.4) is 0 Å². The third kappa shape index (κ3) is 10.7. The number of likely N-dealkylation sites (tertiary alicyclic amines) is 2. The van der Waals surface area contributed by atoms with Crippen LogP contribution in [0.4, 0.5) is 32.3 Å². The Morgan fingerprint density at radius 3 is 2.06 bits per heavy atom. The van der Waals surface area contributed by atoms with Gasteiger partial charge in [-0.3, -0.25) is 8.98 Å². The van der Waals surface area contributed by atoms with Gasteiger partial charge in [0.15, 0.2) is 11.5 Å². The van der Waals surface area contributed by atoms with Crippen molar-refractivity contribution in [1.29, 1.82) is 0 Å². The summed E-state index contributed by atoms with van der Waals surface area (Å²) in [6, 6.07) is 12.1. The van der Waals surface area contributed by atoms with Crippen molar-refractivity contribution in [2.45, 2.75) is 70.2 Å². The lowest BCUT2D eigenvalue weighted by atomic mass is 9.74. The maximum Gasteiger partial charge on any atom is 0.416 e. The van der Waals surface area contributed by atoms with Gasteiger partial charge in [-0.2, -0.15) is 34.8 Å². The van der Waals surface area contributed by atoms with Gasteiger partial charge in [-0.15, -0.1) is 0 Å². The number of ether oxygens (including phenoxy) is 4. The first-order valence-electron chi connectivity index (χ1n) is 20.0. The van der Waals surface area contributed by atoms with Gasteiger partial charge in [-0.25, -0.2) is 4.98 Å². The van der Waals surface area contributed by atoms with Crippen LogP contribution >= 0.6 is 0 Å². The smallest absolute Gasteiger partial charge is 0.416 e. The summed E-state index contributed by atoms with van der Waals surface area (Å²) in [5.74, 6) is 0.768. The van der Waals surface area contributed by atoms with E-state index in [9.17, 15) is 39.6 Å². The van der Waals surface area contributed by atoms with Crippen molar-refractivity contribution >= 4 is 33.0 Å². The SMILES string of the molecule is CCOCCn1c(NC2CCN(CCC3(Cc4cc(C(F)(F)F)cc(C(F)(F)F)c4)C(=O)N(Cc4cc(OC)c(OC)c(OC)c4)CC3OS(C)(=O)=O)CC2)nc2ccccc21. The molecule has 0 radical (unpaired) electrons. The Kier molecular flexibility index (Phi) is 14.2. The van der Waals surface area contributed by atoms with Crippen molar-refractivity contribution in [3.8, 4) is 17.2 Å². The monoisotopic (exact) mass is 899 g/mol. The molecule has 2 fully saturated rings. The first kappa shape index (κ1) is 46.7. The minimum Gasteiger partial charge on any atom is -0.493 e. The van der Waals surface area contributed by atoms with Crippen molar-refractivity contribution in [2.75, 3.05) is 72.3 Å². The van der Waals surface area contributed by atoms with E-state index in [1.165, 1.54) is 26.2 Å². The van der Waals surface area contributed by atoms with E-state index < -0.39 is 63.0 Å². The van der Waals surface area contributed by atoms with E-state index in [0.29, 0.717) is 69.3 Å². The molecular weight excluding hydrogens is 849 g/mol. The number of alkyl halides is 6. The van der Waals surface area contributed by atoms with Crippen LogP contribution in [0.1, 0.15) is 48.4 Å². The number of piperidine rings is 1. The largest absolute Gasteiger partial charge is 0.493 e. The standard InChI is InChI=1S/C42H51F6N5O8S/c1-6-60-18-17-53-33-10-8-7-9-32(33)50-39(53)49-31-11-14-51(15-12-31)16-13-40(24-27-19-29(41(43,44)45)23-30(20-27)42(46,47)48)36(61-62(5,55)56)26-52(38(40)54)25-28-21-34(57-2)37(59-4)35(22-28)58-3/h7-10,19-23,31,36H,6,11-18,24-26H2,1-5H3,(H,49,50). The molecule has 4 aromatic rings. The van der Waals surface area contributed by atoms with Gasteiger partial charge in [0.25, 0.3) is 10.1 Å². The lowest BCUT2D eigenvalue weighted by Gasteiger charge is -2.37. The summed E-state index contributed by atoms with van der Waals surface area (Å²) in [4.78, 5) is 23.1. The number of aromatic nitrogens is 2. The third-order valence-electron chi connectivity index (χ3n) is 11.4. The minimum atomic E-state index is -5.16. The number of hydrogen-bond acceptors (Lipinski definition) is 11. The van der Waals surface area contributed by atoms with E-state index in [1.54, 1.807) is 12.1 Å². The lowest BCUT2D eigenvalue weighted by molar-refractivity contribution is -0.143. The molecule has 1 amide bonds. The number of rotatable bonds is 18. The Morgan fingerprint density at radius 2 is 1.50 bits per heavy atom. The van der Waals surface area contributed by atoms with Crippen LogP contribution in [-0.4, -0.2) is 113 Å². The van der Waals surface area contributed by atoms with E-state index in [0.717, 1.165) is 17.3 Å². The molecule has 2 unspecified atom stereocenters. The molecule has 2 aliphatic heterocycles. The molecule has 2 atom stereocenters.